The molecule has 1 saturated carbocycles. The predicted octanol–water partition coefficient (Wildman–Crippen LogP) is 1.75. The van der Waals surface area contributed by atoms with Crippen LogP contribution in [0.4, 0.5) is 0 Å². The summed E-state index contributed by atoms with van der Waals surface area (Å²) in [5, 5.41) is 0. The molecule has 0 N–H and O–H groups in total. The van der Waals surface area contributed by atoms with Crippen LogP contribution in [0, 0.1) is 11.8 Å². The highest BCUT2D eigenvalue weighted by molar-refractivity contribution is 5.79. The van der Waals surface area contributed by atoms with Gasteiger partial charge >= 0.3 is 0 Å². The molecule has 2 saturated heterocycles. The minimum atomic E-state index is 0.355. The lowest BCUT2D eigenvalue weighted by molar-refractivity contribution is -0.138. The van der Waals surface area contributed by atoms with Crippen molar-refractivity contribution in [1.29, 1.82) is 0 Å². The first-order valence-electron chi connectivity index (χ1n) is 8.42. The third kappa shape index (κ3) is 3.53. The number of hydrogen-bond donors (Lipinski definition) is 0. The second-order valence-electron chi connectivity index (χ2n) is 6.69. The molecule has 114 valence electrons. The van der Waals surface area contributed by atoms with Crippen molar-refractivity contribution in [3.63, 3.8) is 0 Å². The van der Waals surface area contributed by atoms with Crippen molar-refractivity contribution in [3.8, 4) is 0 Å². The van der Waals surface area contributed by atoms with Gasteiger partial charge in [0.25, 0.3) is 0 Å². The van der Waals surface area contributed by atoms with E-state index in [0.717, 1.165) is 65.2 Å². The highest BCUT2D eigenvalue weighted by Gasteiger charge is 2.30. The van der Waals surface area contributed by atoms with Crippen LogP contribution in [0.15, 0.2) is 0 Å². The van der Waals surface area contributed by atoms with Crippen LogP contribution in [-0.2, 0) is 9.53 Å². The number of nitrogens with zero attached hydrogens (tertiary/aromatic N) is 2. The van der Waals surface area contributed by atoms with E-state index in [9.17, 15) is 4.79 Å². The molecule has 0 unspecified atom stereocenters. The van der Waals surface area contributed by atoms with E-state index in [1.807, 2.05) is 0 Å². The zero-order valence-electron chi connectivity index (χ0n) is 12.6. The van der Waals surface area contributed by atoms with E-state index in [1.54, 1.807) is 0 Å². The van der Waals surface area contributed by atoms with E-state index in [1.165, 1.54) is 19.3 Å². The molecule has 3 aliphatic rings. The molecule has 1 aliphatic carbocycles. The molecule has 3 rings (SSSR count). The van der Waals surface area contributed by atoms with Gasteiger partial charge in [0.05, 0.1) is 6.61 Å². The Bertz CT molecular complexity index is 324. The van der Waals surface area contributed by atoms with E-state index >= 15 is 0 Å². The van der Waals surface area contributed by atoms with Gasteiger partial charge in [0.15, 0.2) is 0 Å². The van der Waals surface area contributed by atoms with Crippen LogP contribution in [0.25, 0.3) is 0 Å². The lowest BCUT2D eigenvalue weighted by Crippen LogP contribution is -2.41. The summed E-state index contributed by atoms with van der Waals surface area (Å²) < 4.78 is 5.58. The second kappa shape index (κ2) is 6.90. The molecule has 2 aliphatic heterocycles. The van der Waals surface area contributed by atoms with Crippen LogP contribution in [0.2, 0.25) is 0 Å². The van der Waals surface area contributed by atoms with E-state index < -0.39 is 0 Å². The smallest absolute Gasteiger partial charge is 0.225 e. The van der Waals surface area contributed by atoms with Crippen LogP contribution in [0.1, 0.15) is 38.5 Å². The first-order chi connectivity index (χ1) is 9.83. The molecule has 2 heterocycles. The standard InChI is InChI=1S/C16H28N2O2/c19-16(15-5-1-6-15)18-8-3-7-17(9-10-18)12-14-4-2-11-20-13-14/h14-15H,1-13H2/t14-/m0/s1. The summed E-state index contributed by atoms with van der Waals surface area (Å²) >= 11 is 0. The maximum Gasteiger partial charge on any atom is 0.225 e. The second-order valence-corrected chi connectivity index (χ2v) is 6.69. The van der Waals surface area contributed by atoms with E-state index in [-0.39, 0.29) is 0 Å². The Morgan fingerprint density at radius 1 is 1.00 bits per heavy atom. The van der Waals surface area contributed by atoms with Crippen molar-refractivity contribution in [2.24, 2.45) is 11.8 Å². The number of ether oxygens (including phenoxy) is 1. The molecular formula is C16H28N2O2. The summed E-state index contributed by atoms with van der Waals surface area (Å²) in [5.74, 6) is 1.49. The van der Waals surface area contributed by atoms with Crippen molar-refractivity contribution in [2.75, 3.05) is 45.9 Å². The van der Waals surface area contributed by atoms with Crippen LogP contribution in [0.3, 0.4) is 0 Å². The lowest BCUT2D eigenvalue weighted by Gasteiger charge is -2.31. The van der Waals surface area contributed by atoms with Gasteiger partial charge in [0.1, 0.15) is 0 Å². The minimum absolute atomic E-state index is 0.355. The molecule has 4 nitrogen and oxygen atoms in total. The lowest BCUT2D eigenvalue weighted by atomic mass is 9.84. The third-order valence-electron chi connectivity index (χ3n) is 5.13. The van der Waals surface area contributed by atoms with Crippen molar-refractivity contribution in [3.05, 3.63) is 0 Å². The fourth-order valence-electron chi connectivity index (χ4n) is 3.60. The molecule has 3 fully saturated rings. The number of amides is 1. The van der Waals surface area contributed by atoms with Crippen LogP contribution in [0.5, 0.6) is 0 Å². The summed E-state index contributed by atoms with van der Waals surface area (Å²) in [7, 11) is 0. The highest BCUT2D eigenvalue weighted by atomic mass is 16.5. The minimum Gasteiger partial charge on any atom is -0.381 e. The molecule has 0 radical (unpaired) electrons. The summed E-state index contributed by atoms with van der Waals surface area (Å²) in [6.45, 7) is 7.13. The molecule has 20 heavy (non-hydrogen) atoms. The predicted molar refractivity (Wildman–Crippen MR) is 78.5 cm³/mol. The van der Waals surface area contributed by atoms with Gasteiger partial charge in [-0.25, -0.2) is 0 Å². The Hall–Kier alpha value is -0.610. The highest BCUT2D eigenvalue weighted by Crippen LogP contribution is 2.28. The fraction of sp³-hybridized carbons (Fsp3) is 0.938. The molecule has 1 amide bonds. The zero-order valence-corrected chi connectivity index (χ0v) is 12.6. The molecule has 0 aromatic rings. The fourth-order valence-corrected chi connectivity index (χ4v) is 3.60. The van der Waals surface area contributed by atoms with E-state index in [0.29, 0.717) is 17.7 Å². The molecular weight excluding hydrogens is 252 g/mol. The summed E-state index contributed by atoms with van der Waals surface area (Å²) in [4.78, 5) is 17.0. The summed E-state index contributed by atoms with van der Waals surface area (Å²) in [6, 6.07) is 0. The average molecular weight is 280 g/mol. The summed E-state index contributed by atoms with van der Waals surface area (Å²) in [6.07, 6.45) is 7.15. The van der Waals surface area contributed by atoms with Crippen molar-refractivity contribution < 1.29 is 9.53 Å². The van der Waals surface area contributed by atoms with E-state index in [2.05, 4.69) is 9.80 Å². The normalized spacial score (nSPS) is 29.8. The van der Waals surface area contributed by atoms with Gasteiger partial charge in [-0.3, -0.25) is 4.79 Å². The van der Waals surface area contributed by atoms with Gasteiger partial charge in [-0.2, -0.15) is 0 Å². The maximum atomic E-state index is 12.3. The quantitative estimate of drug-likeness (QED) is 0.789. The van der Waals surface area contributed by atoms with Gasteiger partial charge in [-0.15, -0.1) is 0 Å². The Labute approximate surface area is 122 Å². The van der Waals surface area contributed by atoms with Gasteiger partial charge in [0, 0.05) is 38.7 Å². The molecule has 0 aromatic heterocycles. The molecule has 0 spiro atoms. The average Bonchev–Trinajstić information content (AvgIpc) is 2.63. The van der Waals surface area contributed by atoms with Crippen molar-refractivity contribution in [2.45, 2.75) is 38.5 Å². The zero-order chi connectivity index (χ0) is 13.8. The van der Waals surface area contributed by atoms with Crippen LogP contribution in [-0.4, -0.2) is 61.6 Å². The Kier molecular flexibility index (Phi) is 4.94. The van der Waals surface area contributed by atoms with Gasteiger partial charge < -0.3 is 14.5 Å². The Morgan fingerprint density at radius 2 is 1.90 bits per heavy atom. The molecule has 0 aromatic carbocycles. The SMILES string of the molecule is O=C(C1CCC1)N1CCCN(C[C@@H]2CCCOC2)CC1. The molecule has 1 atom stereocenters. The number of hydrogen-bond acceptors (Lipinski definition) is 3. The van der Waals surface area contributed by atoms with Gasteiger partial charge in [0.2, 0.25) is 5.91 Å². The number of carbonyl (C=O) groups is 1. The van der Waals surface area contributed by atoms with E-state index in [4.69, 9.17) is 4.74 Å². The van der Waals surface area contributed by atoms with Crippen LogP contribution >= 0.6 is 0 Å². The monoisotopic (exact) mass is 280 g/mol. The first-order valence-corrected chi connectivity index (χ1v) is 8.42. The summed E-state index contributed by atoms with van der Waals surface area (Å²) in [5.41, 5.74) is 0. The largest absolute Gasteiger partial charge is 0.381 e. The van der Waals surface area contributed by atoms with Crippen LogP contribution < -0.4 is 0 Å². The van der Waals surface area contributed by atoms with Crippen molar-refractivity contribution >= 4 is 5.91 Å². The van der Waals surface area contributed by atoms with Gasteiger partial charge in [-0.05, 0) is 44.6 Å². The Balaban J connectivity index is 1.44. The van der Waals surface area contributed by atoms with Crippen molar-refractivity contribution in [1.82, 2.24) is 9.80 Å². The number of carbonyl (C=O) groups excluding carboxylic acids is 1. The Morgan fingerprint density at radius 3 is 2.60 bits per heavy atom. The van der Waals surface area contributed by atoms with Gasteiger partial charge in [-0.1, -0.05) is 6.42 Å². The topological polar surface area (TPSA) is 32.8 Å². The third-order valence-corrected chi connectivity index (χ3v) is 5.13. The molecule has 4 heteroatoms. The maximum absolute atomic E-state index is 12.3. The molecule has 0 bridgehead atoms. The first kappa shape index (κ1) is 14.3. The number of rotatable bonds is 3.